The molecule has 6 nitrogen and oxygen atoms in total. The first-order chi connectivity index (χ1) is 14.3. The highest BCUT2D eigenvalue weighted by Gasteiger charge is 2.19. The lowest BCUT2D eigenvalue weighted by molar-refractivity contribution is 0.102. The van der Waals surface area contributed by atoms with E-state index >= 15 is 0 Å². The van der Waals surface area contributed by atoms with Gasteiger partial charge >= 0.3 is 0 Å². The first-order valence-corrected chi connectivity index (χ1v) is 9.46. The van der Waals surface area contributed by atoms with Gasteiger partial charge in [-0.05, 0) is 53.4 Å². The van der Waals surface area contributed by atoms with Gasteiger partial charge in [0.25, 0.3) is 11.8 Å². The number of carbonyl (C=O) groups is 2. The zero-order valence-corrected chi connectivity index (χ0v) is 17.1. The molecule has 2 amide bonds. The van der Waals surface area contributed by atoms with Crippen LogP contribution in [0.3, 0.4) is 0 Å². The molecule has 0 atom stereocenters. The zero-order chi connectivity index (χ0) is 21.7. The maximum atomic E-state index is 12.8. The largest absolute Gasteiger partial charge is 0.322 e. The Hall–Kier alpha value is -3.98. The number of nitrogens with zero attached hydrogens (tertiary/aromatic N) is 2. The molecule has 30 heavy (non-hydrogen) atoms. The Morgan fingerprint density at radius 1 is 0.933 bits per heavy atom. The van der Waals surface area contributed by atoms with Crippen molar-refractivity contribution in [2.24, 2.45) is 0 Å². The van der Waals surface area contributed by atoms with Gasteiger partial charge in [-0.15, -0.1) is 0 Å². The summed E-state index contributed by atoms with van der Waals surface area (Å²) in [6, 6.07) is 19.2. The summed E-state index contributed by atoms with van der Waals surface area (Å²) in [7, 11) is 0. The van der Waals surface area contributed by atoms with E-state index in [2.05, 4.69) is 36.4 Å². The van der Waals surface area contributed by atoms with Crippen LogP contribution in [-0.4, -0.2) is 16.8 Å². The third-order valence-electron chi connectivity index (χ3n) is 4.51. The fourth-order valence-corrected chi connectivity index (χ4v) is 2.96. The molecule has 150 valence electrons. The summed E-state index contributed by atoms with van der Waals surface area (Å²) >= 11 is 0. The SMILES string of the molecule is CC(C)(C)c1ccccc1NC(=O)c1ccnc(C(=O)Nc2ccc(C#N)cc2)c1. The third kappa shape index (κ3) is 4.89. The fourth-order valence-electron chi connectivity index (χ4n) is 2.96. The van der Waals surface area contributed by atoms with Gasteiger partial charge in [0.05, 0.1) is 11.6 Å². The molecule has 0 radical (unpaired) electrons. The topological polar surface area (TPSA) is 94.9 Å². The monoisotopic (exact) mass is 398 g/mol. The fraction of sp³-hybridized carbons (Fsp3) is 0.167. The molecule has 0 spiro atoms. The second-order valence-corrected chi connectivity index (χ2v) is 7.82. The van der Waals surface area contributed by atoms with E-state index in [-0.39, 0.29) is 17.0 Å². The van der Waals surface area contributed by atoms with Crippen molar-refractivity contribution < 1.29 is 9.59 Å². The summed E-state index contributed by atoms with van der Waals surface area (Å²) < 4.78 is 0. The van der Waals surface area contributed by atoms with Crippen LogP contribution in [0.2, 0.25) is 0 Å². The number of hydrogen-bond donors (Lipinski definition) is 2. The Balaban J connectivity index is 1.77. The van der Waals surface area contributed by atoms with Gasteiger partial charge in [0.15, 0.2) is 0 Å². The van der Waals surface area contributed by atoms with Crippen molar-refractivity contribution in [2.75, 3.05) is 10.6 Å². The Kier molecular flexibility index (Phi) is 5.93. The van der Waals surface area contributed by atoms with Crippen LogP contribution in [0.15, 0.2) is 66.9 Å². The molecule has 0 aliphatic heterocycles. The van der Waals surface area contributed by atoms with Crippen molar-refractivity contribution in [1.29, 1.82) is 5.26 Å². The van der Waals surface area contributed by atoms with Crippen LogP contribution in [0.4, 0.5) is 11.4 Å². The molecule has 0 aliphatic rings. The first-order valence-electron chi connectivity index (χ1n) is 9.46. The minimum Gasteiger partial charge on any atom is -0.322 e. The number of hydrogen-bond acceptors (Lipinski definition) is 4. The van der Waals surface area contributed by atoms with Crippen LogP contribution >= 0.6 is 0 Å². The molecule has 0 saturated carbocycles. The van der Waals surface area contributed by atoms with Crippen molar-refractivity contribution in [3.05, 3.63) is 89.2 Å². The zero-order valence-electron chi connectivity index (χ0n) is 17.1. The summed E-state index contributed by atoms with van der Waals surface area (Å²) in [5.74, 6) is -0.758. The number of rotatable bonds is 4. The average molecular weight is 398 g/mol. The van der Waals surface area contributed by atoms with E-state index < -0.39 is 5.91 Å². The van der Waals surface area contributed by atoms with Gasteiger partial charge in [0.2, 0.25) is 0 Å². The highest BCUT2D eigenvalue weighted by atomic mass is 16.2. The number of amides is 2. The van der Waals surface area contributed by atoms with E-state index in [1.54, 1.807) is 30.3 Å². The van der Waals surface area contributed by atoms with Gasteiger partial charge in [-0.1, -0.05) is 39.0 Å². The van der Waals surface area contributed by atoms with Gasteiger partial charge in [0.1, 0.15) is 5.69 Å². The summed E-state index contributed by atoms with van der Waals surface area (Å²) in [6.07, 6.45) is 1.43. The van der Waals surface area contributed by atoms with Crippen LogP contribution in [0.1, 0.15) is 52.7 Å². The number of benzene rings is 2. The number of nitrogens with one attached hydrogen (secondary N) is 2. The lowest BCUT2D eigenvalue weighted by Gasteiger charge is -2.23. The maximum absolute atomic E-state index is 12.8. The molecule has 0 saturated heterocycles. The van der Waals surface area contributed by atoms with Gasteiger partial charge < -0.3 is 10.6 Å². The minimum absolute atomic E-state index is 0.121. The molecule has 0 bridgehead atoms. The Morgan fingerprint density at radius 2 is 1.63 bits per heavy atom. The van der Waals surface area contributed by atoms with E-state index in [1.807, 2.05) is 30.3 Å². The van der Waals surface area contributed by atoms with Crippen molar-refractivity contribution in [3.63, 3.8) is 0 Å². The number of para-hydroxylation sites is 1. The quantitative estimate of drug-likeness (QED) is 0.663. The molecule has 2 aromatic carbocycles. The van der Waals surface area contributed by atoms with Crippen LogP contribution in [0, 0.1) is 11.3 Å². The summed E-state index contributed by atoms with van der Waals surface area (Å²) in [5, 5.41) is 14.5. The van der Waals surface area contributed by atoms with Crippen LogP contribution in [0.25, 0.3) is 0 Å². The standard InChI is InChI=1S/C24H22N4O2/c1-24(2,3)19-6-4-5-7-20(19)28-22(29)17-12-13-26-21(14-17)23(30)27-18-10-8-16(15-25)9-11-18/h4-14H,1-3H3,(H,27,30)(H,28,29). The molecule has 6 heteroatoms. The average Bonchev–Trinajstić information content (AvgIpc) is 2.74. The molecule has 3 rings (SSSR count). The van der Waals surface area contributed by atoms with Gasteiger partial charge in [0, 0.05) is 23.1 Å². The molecule has 0 fully saturated rings. The molecular formula is C24H22N4O2. The predicted octanol–water partition coefficient (Wildman–Crippen LogP) is 4.76. The molecule has 2 N–H and O–H groups in total. The van der Waals surface area contributed by atoms with Gasteiger partial charge in [-0.25, -0.2) is 0 Å². The van der Waals surface area contributed by atoms with E-state index in [4.69, 9.17) is 5.26 Å². The van der Waals surface area contributed by atoms with E-state index in [1.165, 1.54) is 12.3 Å². The highest BCUT2D eigenvalue weighted by molar-refractivity contribution is 6.08. The normalized spacial score (nSPS) is 10.7. The van der Waals surface area contributed by atoms with E-state index in [0.717, 1.165) is 11.3 Å². The number of nitriles is 1. The van der Waals surface area contributed by atoms with Crippen molar-refractivity contribution in [2.45, 2.75) is 26.2 Å². The lowest BCUT2D eigenvalue weighted by Crippen LogP contribution is -2.20. The third-order valence-corrected chi connectivity index (χ3v) is 4.51. The summed E-state index contributed by atoms with van der Waals surface area (Å²) in [4.78, 5) is 29.4. The Bertz CT molecular complexity index is 1120. The summed E-state index contributed by atoms with van der Waals surface area (Å²) in [5.41, 5.74) is 3.11. The van der Waals surface area contributed by atoms with Crippen molar-refractivity contribution >= 4 is 23.2 Å². The van der Waals surface area contributed by atoms with Gasteiger partial charge in [-0.3, -0.25) is 14.6 Å². The molecule has 3 aromatic rings. The number of anilines is 2. The lowest BCUT2D eigenvalue weighted by atomic mass is 9.86. The van der Waals surface area contributed by atoms with Crippen LogP contribution < -0.4 is 10.6 Å². The van der Waals surface area contributed by atoms with E-state index in [0.29, 0.717) is 16.8 Å². The van der Waals surface area contributed by atoms with E-state index in [9.17, 15) is 9.59 Å². The molecular weight excluding hydrogens is 376 g/mol. The van der Waals surface area contributed by atoms with Crippen molar-refractivity contribution in [1.82, 2.24) is 4.98 Å². The van der Waals surface area contributed by atoms with Crippen LogP contribution in [-0.2, 0) is 5.41 Å². The molecule has 1 aromatic heterocycles. The minimum atomic E-state index is -0.440. The molecule has 1 heterocycles. The molecule has 0 aliphatic carbocycles. The number of carbonyl (C=O) groups excluding carboxylic acids is 2. The van der Waals surface area contributed by atoms with Crippen LogP contribution in [0.5, 0.6) is 0 Å². The second kappa shape index (κ2) is 8.58. The smallest absolute Gasteiger partial charge is 0.274 e. The second-order valence-electron chi connectivity index (χ2n) is 7.82. The maximum Gasteiger partial charge on any atom is 0.274 e. The summed E-state index contributed by atoms with van der Waals surface area (Å²) in [6.45, 7) is 6.24. The Morgan fingerprint density at radius 3 is 2.30 bits per heavy atom. The van der Waals surface area contributed by atoms with Crippen molar-refractivity contribution in [3.8, 4) is 6.07 Å². The number of aromatic nitrogens is 1. The first kappa shape index (κ1) is 20.7. The Labute approximate surface area is 175 Å². The highest BCUT2D eigenvalue weighted by Crippen LogP contribution is 2.29. The predicted molar refractivity (Wildman–Crippen MR) is 116 cm³/mol. The number of pyridine rings is 1. The molecule has 0 unspecified atom stereocenters. The van der Waals surface area contributed by atoms with Gasteiger partial charge in [-0.2, -0.15) is 5.26 Å².